The molecule has 19 heavy (non-hydrogen) atoms. The van der Waals surface area contributed by atoms with E-state index in [9.17, 15) is 8.42 Å². The Morgan fingerprint density at radius 3 is 2.84 bits per heavy atom. The van der Waals surface area contributed by atoms with Crippen LogP contribution >= 0.6 is 27.3 Å². The van der Waals surface area contributed by atoms with Gasteiger partial charge in [0.15, 0.2) is 0 Å². The Morgan fingerprint density at radius 2 is 2.32 bits per heavy atom. The van der Waals surface area contributed by atoms with Gasteiger partial charge >= 0.3 is 0 Å². The molecule has 0 saturated heterocycles. The quantitative estimate of drug-likeness (QED) is 0.854. The van der Waals surface area contributed by atoms with Crippen LogP contribution in [-0.4, -0.2) is 22.1 Å². The first kappa shape index (κ1) is 14.7. The average molecular weight is 366 g/mol. The van der Waals surface area contributed by atoms with Crippen molar-refractivity contribution in [1.29, 1.82) is 0 Å². The van der Waals surface area contributed by atoms with Gasteiger partial charge in [-0.2, -0.15) is 4.72 Å². The van der Waals surface area contributed by atoms with Gasteiger partial charge in [0.25, 0.3) is 10.0 Å². The van der Waals surface area contributed by atoms with Crippen LogP contribution in [0.4, 0.5) is 0 Å². The number of halogens is 1. The summed E-state index contributed by atoms with van der Waals surface area (Å²) < 4.78 is 38.1. The highest BCUT2D eigenvalue weighted by Gasteiger charge is 2.25. The minimum absolute atomic E-state index is 0.190. The summed E-state index contributed by atoms with van der Waals surface area (Å²) in [4.78, 5) is 0. The maximum absolute atomic E-state index is 12.3. The van der Waals surface area contributed by atoms with E-state index in [1.54, 1.807) is 23.6 Å². The van der Waals surface area contributed by atoms with Crippen molar-refractivity contribution in [3.05, 3.63) is 40.1 Å². The molecule has 104 valence electrons. The van der Waals surface area contributed by atoms with Gasteiger partial charge in [-0.15, -0.1) is 11.3 Å². The number of hydrogen-bond donors (Lipinski definition) is 1. The average Bonchev–Trinajstić information content (AvgIpc) is 2.98. The molecule has 0 aliphatic rings. The molecule has 0 bridgehead atoms. The molecule has 2 aromatic rings. The van der Waals surface area contributed by atoms with Crippen molar-refractivity contribution in [3.8, 4) is 0 Å². The third kappa shape index (κ3) is 3.46. The van der Waals surface area contributed by atoms with E-state index < -0.39 is 16.1 Å². The molecule has 5 nitrogen and oxygen atoms in total. The van der Waals surface area contributed by atoms with Crippen molar-refractivity contribution in [1.82, 2.24) is 4.72 Å². The number of furan rings is 1. The minimum atomic E-state index is -3.61. The van der Waals surface area contributed by atoms with Gasteiger partial charge in [-0.1, -0.05) is 0 Å². The van der Waals surface area contributed by atoms with Crippen LogP contribution in [0.25, 0.3) is 0 Å². The van der Waals surface area contributed by atoms with Crippen LogP contribution in [-0.2, 0) is 14.8 Å². The van der Waals surface area contributed by atoms with Gasteiger partial charge < -0.3 is 9.15 Å². The first-order chi connectivity index (χ1) is 9.04. The van der Waals surface area contributed by atoms with Crippen LogP contribution in [0.2, 0.25) is 0 Å². The lowest BCUT2D eigenvalue weighted by molar-refractivity contribution is 0.166. The molecule has 2 heterocycles. The minimum Gasteiger partial charge on any atom is -0.468 e. The number of rotatable bonds is 6. The van der Waals surface area contributed by atoms with Crippen molar-refractivity contribution in [2.45, 2.75) is 10.3 Å². The highest BCUT2D eigenvalue weighted by atomic mass is 79.9. The van der Waals surface area contributed by atoms with E-state index in [0.717, 1.165) is 11.3 Å². The predicted octanol–water partition coefficient (Wildman–Crippen LogP) is 2.77. The zero-order chi connectivity index (χ0) is 13.9. The Kier molecular flexibility index (Phi) is 4.80. The van der Waals surface area contributed by atoms with Crippen LogP contribution < -0.4 is 4.72 Å². The number of thiophene rings is 1. The topological polar surface area (TPSA) is 68.5 Å². The molecule has 0 aliphatic carbocycles. The number of nitrogens with one attached hydrogen (secondary N) is 1. The second-order valence-corrected chi connectivity index (χ2v) is 7.38. The van der Waals surface area contributed by atoms with Crippen LogP contribution in [0, 0.1) is 0 Å². The number of ether oxygens (including phenoxy) is 1. The molecule has 0 spiro atoms. The summed E-state index contributed by atoms with van der Waals surface area (Å²) in [6.07, 6.45) is 1.49. The lowest BCUT2D eigenvalue weighted by atomic mass is 10.2. The molecule has 0 fully saturated rings. The summed E-state index contributed by atoms with van der Waals surface area (Å²) in [5.41, 5.74) is 0. The molecule has 1 unspecified atom stereocenters. The summed E-state index contributed by atoms with van der Waals surface area (Å²) in [6.45, 7) is 0.190. The smallest absolute Gasteiger partial charge is 0.251 e. The lowest BCUT2D eigenvalue weighted by Gasteiger charge is -2.15. The summed E-state index contributed by atoms with van der Waals surface area (Å²) in [5.74, 6) is 0.512. The fourth-order valence-corrected chi connectivity index (χ4v) is 5.09. The first-order valence-electron chi connectivity index (χ1n) is 5.32. The van der Waals surface area contributed by atoms with Crippen LogP contribution in [0.3, 0.4) is 0 Å². The van der Waals surface area contributed by atoms with Crippen LogP contribution in [0.5, 0.6) is 0 Å². The van der Waals surface area contributed by atoms with Gasteiger partial charge in [0.05, 0.1) is 12.9 Å². The van der Waals surface area contributed by atoms with Crippen molar-refractivity contribution in [2.75, 3.05) is 13.7 Å². The molecule has 0 saturated carbocycles. The standard InChI is InChI=1S/C11H12BrNO4S2/c1-16-7-9(10-3-2-5-17-10)13-19(14,15)11-8(12)4-6-18-11/h2-6,9,13H,7H2,1H3. The van der Waals surface area contributed by atoms with E-state index in [4.69, 9.17) is 9.15 Å². The molecule has 2 rings (SSSR count). The summed E-state index contributed by atoms with van der Waals surface area (Å²) in [7, 11) is -2.11. The summed E-state index contributed by atoms with van der Waals surface area (Å²) in [5, 5.41) is 1.71. The largest absolute Gasteiger partial charge is 0.468 e. The fourth-order valence-electron chi connectivity index (χ4n) is 1.54. The van der Waals surface area contributed by atoms with Crippen molar-refractivity contribution in [2.24, 2.45) is 0 Å². The van der Waals surface area contributed by atoms with E-state index in [0.29, 0.717) is 10.2 Å². The van der Waals surface area contributed by atoms with E-state index in [-0.39, 0.29) is 10.8 Å². The molecule has 0 amide bonds. The molecular weight excluding hydrogens is 354 g/mol. The predicted molar refractivity (Wildman–Crippen MR) is 75.7 cm³/mol. The zero-order valence-electron chi connectivity index (χ0n) is 10.00. The molecule has 0 aromatic carbocycles. The van der Waals surface area contributed by atoms with Gasteiger partial charge in [0.1, 0.15) is 16.0 Å². The Labute approximate surface area is 123 Å². The lowest BCUT2D eigenvalue weighted by Crippen LogP contribution is -2.30. The van der Waals surface area contributed by atoms with Crippen molar-refractivity contribution < 1.29 is 17.6 Å². The normalized spacial score (nSPS) is 13.6. The molecule has 1 N–H and O–H groups in total. The van der Waals surface area contributed by atoms with Crippen LogP contribution in [0.15, 0.2) is 42.9 Å². The molecule has 0 radical (unpaired) electrons. The van der Waals surface area contributed by atoms with E-state index in [1.165, 1.54) is 13.4 Å². The molecular formula is C11H12BrNO4S2. The second-order valence-electron chi connectivity index (χ2n) is 3.70. The fraction of sp³-hybridized carbons (Fsp3) is 0.273. The van der Waals surface area contributed by atoms with Gasteiger partial charge in [0.2, 0.25) is 0 Å². The van der Waals surface area contributed by atoms with E-state index >= 15 is 0 Å². The number of hydrogen-bond acceptors (Lipinski definition) is 5. The SMILES string of the molecule is COCC(NS(=O)(=O)c1sccc1Br)c1ccco1. The third-order valence-corrected chi connectivity index (χ3v) is 6.49. The highest BCUT2D eigenvalue weighted by Crippen LogP contribution is 2.29. The Morgan fingerprint density at radius 1 is 1.53 bits per heavy atom. The Balaban J connectivity index is 2.25. The second kappa shape index (κ2) is 6.19. The Hall–Kier alpha value is -0.670. The molecule has 1 atom stereocenters. The van der Waals surface area contributed by atoms with Gasteiger partial charge in [-0.3, -0.25) is 0 Å². The summed E-state index contributed by atoms with van der Waals surface area (Å²) >= 11 is 4.36. The van der Waals surface area contributed by atoms with Crippen LogP contribution in [0.1, 0.15) is 11.8 Å². The van der Waals surface area contributed by atoms with Crippen molar-refractivity contribution >= 4 is 37.3 Å². The highest BCUT2D eigenvalue weighted by molar-refractivity contribution is 9.10. The van der Waals surface area contributed by atoms with Crippen molar-refractivity contribution in [3.63, 3.8) is 0 Å². The van der Waals surface area contributed by atoms with Gasteiger partial charge in [-0.05, 0) is 39.5 Å². The Bertz CT molecular complexity index is 621. The maximum Gasteiger partial charge on any atom is 0.251 e. The monoisotopic (exact) mass is 365 g/mol. The summed E-state index contributed by atoms with van der Waals surface area (Å²) in [6, 6.07) is 4.54. The number of methoxy groups -OCH3 is 1. The van der Waals surface area contributed by atoms with Gasteiger partial charge in [-0.25, -0.2) is 8.42 Å². The zero-order valence-corrected chi connectivity index (χ0v) is 13.2. The van der Waals surface area contributed by atoms with Gasteiger partial charge in [0, 0.05) is 11.6 Å². The first-order valence-corrected chi connectivity index (χ1v) is 8.48. The maximum atomic E-state index is 12.3. The molecule has 8 heteroatoms. The number of sulfonamides is 1. The third-order valence-electron chi connectivity index (χ3n) is 2.35. The van der Waals surface area contributed by atoms with E-state index in [1.807, 2.05) is 0 Å². The van der Waals surface area contributed by atoms with E-state index in [2.05, 4.69) is 20.7 Å². The molecule has 2 aromatic heterocycles. The molecule has 0 aliphatic heterocycles.